The molecule has 3 heterocycles. The zero-order valence-corrected chi connectivity index (χ0v) is 22.9. The van der Waals surface area contributed by atoms with Gasteiger partial charge in [0.05, 0.1) is 17.5 Å². The Labute approximate surface area is 249 Å². The minimum atomic E-state index is -1.50. The van der Waals surface area contributed by atoms with Crippen LogP contribution in [0.15, 0.2) is 102 Å². The van der Waals surface area contributed by atoms with Crippen LogP contribution in [0.25, 0.3) is 11.2 Å². The lowest BCUT2D eigenvalue weighted by Gasteiger charge is -2.20. The van der Waals surface area contributed by atoms with Crippen molar-refractivity contribution in [1.82, 2.24) is 19.5 Å². The van der Waals surface area contributed by atoms with E-state index in [4.69, 9.17) is 14.2 Å². The summed E-state index contributed by atoms with van der Waals surface area (Å²) < 4.78 is 18.5. The van der Waals surface area contributed by atoms with Crippen molar-refractivity contribution in [2.75, 3.05) is 11.9 Å². The minimum absolute atomic E-state index is 0.0174. The smallest absolute Gasteiger partial charge is 0.338 e. The Morgan fingerprint density at radius 2 is 1.48 bits per heavy atom. The minimum Gasteiger partial charge on any atom is -0.459 e. The molecule has 3 aromatic carbocycles. The van der Waals surface area contributed by atoms with Crippen molar-refractivity contribution in [2.24, 2.45) is 0 Å². The number of aliphatic hydroxyl groups excluding tert-OH is 1. The van der Waals surface area contributed by atoms with Gasteiger partial charge in [-0.1, -0.05) is 54.6 Å². The van der Waals surface area contributed by atoms with Gasteiger partial charge in [0.25, 0.3) is 11.5 Å². The number of imidazole rings is 1. The Morgan fingerprint density at radius 1 is 0.886 bits per heavy atom. The molecule has 6 rings (SSSR count). The molecule has 0 unspecified atom stereocenters. The molecular weight excluding hydrogens is 570 g/mol. The van der Waals surface area contributed by atoms with Crippen LogP contribution in [0.2, 0.25) is 0 Å². The number of aliphatic hydroxyl groups is 1. The average Bonchev–Trinajstić information content (AvgIpc) is 3.61. The predicted octanol–water partition coefficient (Wildman–Crippen LogP) is 2.71. The highest BCUT2D eigenvalue weighted by molar-refractivity contribution is 6.03. The van der Waals surface area contributed by atoms with Gasteiger partial charge in [0.2, 0.25) is 5.95 Å². The summed E-state index contributed by atoms with van der Waals surface area (Å²) >= 11 is 0. The number of esters is 2. The van der Waals surface area contributed by atoms with Gasteiger partial charge in [-0.3, -0.25) is 24.5 Å². The van der Waals surface area contributed by atoms with Crippen molar-refractivity contribution in [1.29, 1.82) is 0 Å². The van der Waals surface area contributed by atoms with Crippen LogP contribution in [0.5, 0.6) is 0 Å². The number of aromatic amines is 1. The fourth-order valence-electron chi connectivity index (χ4n) is 4.75. The van der Waals surface area contributed by atoms with E-state index in [2.05, 4.69) is 20.3 Å². The number of benzene rings is 3. The first-order valence-electron chi connectivity index (χ1n) is 13.5. The molecule has 44 heavy (non-hydrogen) atoms. The van der Waals surface area contributed by atoms with Crippen molar-refractivity contribution in [3.05, 3.63) is 124 Å². The standard InChI is InChI=1S/C31H25N5O8/c37-23-24(44-30(41)20-14-8-3-9-15-20)21(16-42-29(40)19-12-6-2-7-13-19)43-28(23)36-17-32-22-25(36)33-31(35-27(22)39)34-26(38)18-10-4-1-5-11-18/h1-15,17,21,23-24,28,37H,16H2,(H2,33,34,35,38,39)/t21-,23+,24+,28-/m0/s1. The maximum absolute atomic E-state index is 13.0. The molecule has 0 radical (unpaired) electrons. The van der Waals surface area contributed by atoms with E-state index in [1.807, 2.05) is 0 Å². The van der Waals surface area contributed by atoms with Crippen molar-refractivity contribution >= 4 is 35.0 Å². The lowest BCUT2D eigenvalue weighted by molar-refractivity contribution is -0.0585. The molecule has 3 N–H and O–H groups in total. The van der Waals surface area contributed by atoms with E-state index < -0.39 is 47.9 Å². The van der Waals surface area contributed by atoms with E-state index in [9.17, 15) is 24.3 Å². The van der Waals surface area contributed by atoms with E-state index in [-0.39, 0.29) is 29.3 Å². The van der Waals surface area contributed by atoms with Crippen LogP contribution in [0.3, 0.4) is 0 Å². The molecule has 13 nitrogen and oxygen atoms in total. The summed E-state index contributed by atoms with van der Waals surface area (Å²) in [5.41, 5.74) is 0.128. The fraction of sp³-hybridized carbons (Fsp3) is 0.161. The molecule has 222 valence electrons. The molecule has 4 atom stereocenters. The Kier molecular flexibility index (Phi) is 7.95. The van der Waals surface area contributed by atoms with Crippen LogP contribution in [0.1, 0.15) is 37.3 Å². The van der Waals surface area contributed by atoms with Gasteiger partial charge in [-0.05, 0) is 36.4 Å². The van der Waals surface area contributed by atoms with Gasteiger partial charge in [0.1, 0.15) is 18.8 Å². The predicted molar refractivity (Wildman–Crippen MR) is 155 cm³/mol. The topological polar surface area (TPSA) is 175 Å². The number of rotatable bonds is 8. The second-order valence-electron chi connectivity index (χ2n) is 9.81. The van der Waals surface area contributed by atoms with Gasteiger partial charge >= 0.3 is 11.9 Å². The van der Waals surface area contributed by atoms with Crippen LogP contribution in [-0.4, -0.2) is 67.4 Å². The lowest BCUT2D eigenvalue weighted by Crippen LogP contribution is -2.38. The van der Waals surface area contributed by atoms with E-state index in [1.165, 1.54) is 10.9 Å². The molecule has 2 aromatic heterocycles. The molecule has 0 aliphatic carbocycles. The Hall–Kier alpha value is -5.66. The number of nitrogens with zero attached hydrogens (tertiary/aromatic N) is 3. The number of fused-ring (bicyclic) bond motifs is 1. The maximum Gasteiger partial charge on any atom is 0.338 e. The Bertz CT molecular complexity index is 1860. The molecular formula is C31H25N5O8. The van der Waals surface area contributed by atoms with Crippen LogP contribution in [0, 0.1) is 0 Å². The number of hydrogen-bond acceptors (Lipinski definition) is 10. The lowest BCUT2D eigenvalue weighted by atomic mass is 10.1. The average molecular weight is 596 g/mol. The SMILES string of the molecule is O=C(Nc1nc2c(ncn2[C@H]2O[C@@H](COC(=O)c3ccccc3)[C@@H](OC(=O)c3ccccc3)[C@H]2O)c(=O)[nH]1)c1ccccc1. The largest absolute Gasteiger partial charge is 0.459 e. The summed E-state index contributed by atoms with van der Waals surface area (Å²) in [6.07, 6.45) is -3.91. The number of aromatic nitrogens is 4. The van der Waals surface area contributed by atoms with Gasteiger partial charge < -0.3 is 19.3 Å². The molecule has 1 fully saturated rings. The first-order valence-corrected chi connectivity index (χ1v) is 13.5. The Balaban J connectivity index is 1.28. The first kappa shape index (κ1) is 28.5. The number of ether oxygens (including phenoxy) is 3. The second-order valence-corrected chi connectivity index (χ2v) is 9.81. The zero-order valence-electron chi connectivity index (χ0n) is 22.9. The third-order valence-corrected chi connectivity index (χ3v) is 6.92. The van der Waals surface area contributed by atoms with Crippen LogP contribution < -0.4 is 10.9 Å². The molecule has 1 amide bonds. The van der Waals surface area contributed by atoms with Crippen molar-refractivity contribution in [3.63, 3.8) is 0 Å². The van der Waals surface area contributed by atoms with E-state index in [0.29, 0.717) is 11.1 Å². The first-order chi connectivity index (χ1) is 21.4. The van der Waals surface area contributed by atoms with Gasteiger partial charge in [-0.25, -0.2) is 14.6 Å². The number of anilines is 1. The molecule has 1 aliphatic rings. The van der Waals surface area contributed by atoms with E-state index in [1.54, 1.807) is 91.0 Å². The van der Waals surface area contributed by atoms with Crippen molar-refractivity contribution in [3.8, 4) is 0 Å². The number of H-pyrrole nitrogens is 1. The van der Waals surface area contributed by atoms with Gasteiger partial charge in [-0.15, -0.1) is 0 Å². The summed E-state index contributed by atoms with van der Waals surface area (Å²) in [4.78, 5) is 62.0. The number of carbonyl (C=O) groups is 3. The monoisotopic (exact) mass is 595 g/mol. The number of carbonyl (C=O) groups excluding carboxylic acids is 3. The molecule has 1 aliphatic heterocycles. The van der Waals surface area contributed by atoms with Crippen LogP contribution in [0.4, 0.5) is 5.95 Å². The highest BCUT2D eigenvalue weighted by atomic mass is 16.6. The molecule has 1 saturated heterocycles. The third-order valence-electron chi connectivity index (χ3n) is 6.92. The number of amides is 1. The zero-order chi connectivity index (χ0) is 30.6. The number of nitrogens with one attached hydrogen (secondary N) is 2. The molecule has 5 aromatic rings. The second kappa shape index (κ2) is 12.3. The van der Waals surface area contributed by atoms with Crippen molar-refractivity contribution < 1.29 is 33.7 Å². The van der Waals surface area contributed by atoms with Crippen LogP contribution >= 0.6 is 0 Å². The maximum atomic E-state index is 13.0. The van der Waals surface area contributed by atoms with E-state index in [0.717, 1.165) is 0 Å². The quantitative estimate of drug-likeness (QED) is 0.226. The normalized spacial score (nSPS) is 19.4. The molecule has 0 saturated carbocycles. The third kappa shape index (κ3) is 5.82. The van der Waals surface area contributed by atoms with Crippen molar-refractivity contribution in [2.45, 2.75) is 24.5 Å². The summed E-state index contributed by atoms with van der Waals surface area (Å²) in [6.45, 7) is -0.368. The molecule has 0 spiro atoms. The number of hydrogen-bond donors (Lipinski definition) is 3. The molecule has 13 heteroatoms. The summed E-state index contributed by atoms with van der Waals surface area (Å²) in [7, 11) is 0. The van der Waals surface area contributed by atoms with Crippen LogP contribution in [-0.2, 0) is 14.2 Å². The van der Waals surface area contributed by atoms with E-state index >= 15 is 0 Å². The fourth-order valence-corrected chi connectivity index (χ4v) is 4.75. The highest BCUT2D eigenvalue weighted by Gasteiger charge is 2.48. The summed E-state index contributed by atoms with van der Waals surface area (Å²) in [5, 5.41) is 13.9. The summed E-state index contributed by atoms with van der Waals surface area (Å²) in [6, 6.07) is 24.8. The molecule has 0 bridgehead atoms. The Morgan fingerprint density at radius 3 is 2.11 bits per heavy atom. The highest BCUT2D eigenvalue weighted by Crippen LogP contribution is 2.34. The van der Waals surface area contributed by atoms with Gasteiger partial charge in [-0.2, -0.15) is 4.98 Å². The van der Waals surface area contributed by atoms with Gasteiger partial charge in [0, 0.05) is 5.56 Å². The summed E-state index contributed by atoms with van der Waals surface area (Å²) in [5.74, 6) is -2.04. The van der Waals surface area contributed by atoms with Gasteiger partial charge in [0.15, 0.2) is 23.5 Å².